The summed E-state index contributed by atoms with van der Waals surface area (Å²) in [5.74, 6) is -0.913. The van der Waals surface area contributed by atoms with Crippen molar-refractivity contribution in [3.8, 4) is 0 Å². The molecule has 1 unspecified atom stereocenters. The zero-order chi connectivity index (χ0) is 25.2. The first-order chi connectivity index (χ1) is 15.9. The fraction of sp³-hybridized carbons (Fsp3) is 0.300. The second kappa shape index (κ2) is 9.75. The van der Waals surface area contributed by atoms with Crippen molar-refractivity contribution in [1.82, 2.24) is 19.7 Å². The number of nitrogens with one attached hydrogen (secondary N) is 2. The van der Waals surface area contributed by atoms with Gasteiger partial charge in [0.2, 0.25) is 11.9 Å². The number of halogens is 4. The third-order valence-electron chi connectivity index (χ3n) is 4.62. The summed E-state index contributed by atoms with van der Waals surface area (Å²) in [6.45, 7) is 4.59. The van der Waals surface area contributed by atoms with Crippen LogP contribution in [0.3, 0.4) is 0 Å². The summed E-state index contributed by atoms with van der Waals surface area (Å²) in [6, 6.07) is 5.86. The molecule has 9 nitrogen and oxygen atoms in total. The Balaban J connectivity index is 1.74. The van der Waals surface area contributed by atoms with Gasteiger partial charge in [-0.25, -0.2) is 40.7 Å². The van der Waals surface area contributed by atoms with E-state index in [-0.39, 0.29) is 16.5 Å². The van der Waals surface area contributed by atoms with Gasteiger partial charge in [-0.3, -0.25) is 9.48 Å². The van der Waals surface area contributed by atoms with Crippen molar-refractivity contribution in [3.05, 3.63) is 59.2 Å². The number of aromatic nitrogens is 4. The number of carbonyl (C=O) groups excluding carboxylic acids is 1. The lowest BCUT2D eigenvalue weighted by Gasteiger charge is -2.16. The quantitative estimate of drug-likeness (QED) is 0.448. The van der Waals surface area contributed by atoms with E-state index in [1.807, 2.05) is 0 Å². The lowest BCUT2D eigenvalue weighted by molar-refractivity contribution is -0.119. The number of carbonyl (C=O) groups is 1. The number of rotatable bonds is 8. The molecule has 2 aromatic heterocycles. The minimum absolute atomic E-state index is 0.0964. The number of benzene rings is 1. The van der Waals surface area contributed by atoms with E-state index in [1.165, 1.54) is 31.2 Å². The van der Waals surface area contributed by atoms with Crippen LogP contribution < -0.4 is 10.0 Å². The lowest BCUT2D eigenvalue weighted by Crippen LogP contribution is -2.26. The number of nitrogens with zero attached hydrogens (tertiary/aromatic N) is 4. The van der Waals surface area contributed by atoms with E-state index < -0.39 is 46.2 Å². The van der Waals surface area contributed by atoms with E-state index >= 15 is 0 Å². The maximum Gasteiger partial charge on any atom is 0.282 e. The molecular formula is C20H20F4N6O3S. The largest absolute Gasteiger partial charge is 0.324 e. The van der Waals surface area contributed by atoms with Crippen LogP contribution in [0.2, 0.25) is 0 Å². The minimum atomic E-state index is -4.03. The zero-order valence-corrected chi connectivity index (χ0v) is 18.9. The van der Waals surface area contributed by atoms with Crippen molar-refractivity contribution >= 4 is 27.6 Å². The van der Waals surface area contributed by atoms with Gasteiger partial charge >= 0.3 is 0 Å². The monoisotopic (exact) mass is 500 g/mol. The van der Waals surface area contributed by atoms with Gasteiger partial charge in [-0.1, -0.05) is 0 Å². The second-order valence-electron chi connectivity index (χ2n) is 7.31. The highest BCUT2D eigenvalue weighted by Gasteiger charge is 2.27. The molecule has 0 bridgehead atoms. The fourth-order valence-corrected chi connectivity index (χ4v) is 3.98. The zero-order valence-electron chi connectivity index (χ0n) is 18.1. The average Bonchev–Trinajstić information content (AvgIpc) is 3.18. The lowest BCUT2D eigenvalue weighted by atomic mass is 10.2. The normalized spacial score (nSPS) is 12.7. The summed E-state index contributed by atoms with van der Waals surface area (Å²) >= 11 is 0. The molecule has 2 N–H and O–H groups in total. The van der Waals surface area contributed by atoms with Crippen LogP contribution in [-0.2, 0) is 14.8 Å². The number of hydrogen-bond acceptors (Lipinski definition) is 6. The summed E-state index contributed by atoms with van der Waals surface area (Å²) in [7, 11) is -4.03. The summed E-state index contributed by atoms with van der Waals surface area (Å²) in [5, 5.41) is 5.83. The Morgan fingerprint density at radius 3 is 2.09 bits per heavy atom. The van der Waals surface area contributed by atoms with Gasteiger partial charge in [0.15, 0.2) is 0 Å². The number of anilines is 2. The molecule has 3 aromatic rings. The topological polar surface area (TPSA) is 119 Å². The van der Waals surface area contributed by atoms with E-state index in [1.54, 1.807) is 19.9 Å². The molecule has 1 aromatic carbocycles. The summed E-state index contributed by atoms with van der Waals surface area (Å²) in [5.41, 5.74) is -0.391. The summed E-state index contributed by atoms with van der Waals surface area (Å²) in [6.07, 6.45) is -6.19. The van der Waals surface area contributed by atoms with Gasteiger partial charge in [-0.05, 0) is 57.2 Å². The molecule has 182 valence electrons. The first kappa shape index (κ1) is 25.1. The van der Waals surface area contributed by atoms with Crippen molar-refractivity contribution in [2.75, 3.05) is 10.0 Å². The molecule has 34 heavy (non-hydrogen) atoms. The van der Waals surface area contributed by atoms with E-state index in [9.17, 15) is 30.8 Å². The predicted molar refractivity (Wildman–Crippen MR) is 114 cm³/mol. The molecule has 0 spiro atoms. The molecule has 3 rings (SSSR count). The van der Waals surface area contributed by atoms with Crippen LogP contribution in [0.25, 0.3) is 0 Å². The van der Waals surface area contributed by atoms with Gasteiger partial charge in [0.05, 0.1) is 4.90 Å². The number of hydrogen-bond donors (Lipinski definition) is 2. The van der Waals surface area contributed by atoms with E-state index in [2.05, 4.69) is 25.1 Å². The van der Waals surface area contributed by atoms with Gasteiger partial charge in [-0.2, -0.15) is 5.10 Å². The van der Waals surface area contributed by atoms with Crippen molar-refractivity contribution in [2.24, 2.45) is 0 Å². The third kappa shape index (κ3) is 5.68. The standard InChI is InChI=1S/C20H20F4N6O3S/c1-10-8-11(2)26-20(25-10)29-34(32,33)14-6-4-13(5-7-14)27-19(31)12(3)30-16(18(23)24)9-15(28-30)17(21)22/h4-9,12,17-18H,1-3H3,(H,27,31)(H,25,26,29). The van der Waals surface area contributed by atoms with Crippen LogP contribution in [0.15, 0.2) is 41.3 Å². The van der Waals surface area contributed by atoms with Crippen molar-refractivity contribution < 1.29 is 30.8 Å². The molecule has 0 aliphatic carbocycles. The van der Waals surface area contributed by atoms with Crippen LogP contribution in [0, 0.1) is 13.8 Å². The first-order valence-electron chi connectivity index (χ1n) is 9.79. The Bertz CT molecular complexity index is 1280. The molecule has 0 fully saturated rings. The first-order valence-corrected chi connectivity index (χ1v) is 11.3. The molecular weight excluding hydrogens is 480 g/mol. The van der Waals surface area contributed by atoms with Crippen molar-refractivity contribution in [2.45, 2.75) is 44.6 Å². The SMILES string of the molecule is Cc1cc(C)nc(NS(=O)(=O)c2ccc(NC(=O)C(C)n3nc(C(F)F)cc3C(F)F)cc2)n1. The fourth-order valence-electron chi connectivity index (χ4n) is 3.03. The number of aryl methyl sites for hydroxylation is 2. The number of amides is 1. The Labute approximate surface area is 192 Å². The summed E-state index contributed by atoms with van der Waals surface area (Å²) in [4.78, 5) is 20.4. The average molecular weight is 500 g/mol. The van der Waals surface area contributed by atoms with E-state index in [0.717, 1.165) is 0 Å². The van der Waals surface area contributed by atoms with Crippen LogP contribution >= 0.6 is 0 Å². The predicted octanol–water partition coefficient (Wildman–Crippen LogP) is 4.17. The van der Waals surface area contributed by atoms with Gasteiger partial charge in [0, 0.05) is 17.1 Å². The highest BCUT2D eigenvalue weighted by atomic mass is 32.2. The van der Waals surface area contributed by atoms with E-state index in [4.69, 9.17) is 0 Å². The molecule has 0 aliphatic heterocycles. The summed E-state index contributed by atoms with van der Waals surface area (Å²) < 4.78 is 80.1. The van der Waals surface area contributed by atoms with Gasteiger partial charge in [-0.15, -0.1) is 0 Å². The van der Waals surface area contributed by atoms with Gasteiger partial charge < -0.3 is 5.32 Å². The maximum absolute atomic E-state index is 13.2. The van der Waals surface area contributed by atoms with Crippen LogP contribution in [0.1, 0.15) is 48.6 Å². The maximum atomic E-state index is 13.2. The molecule has 0 radical (unpaired) electrons. The second-order valence-corrected chi connectivity index (χ2v) is 8.99. The highest BCUT2D eigenvalue weighted by molar-refractivity contribution is 7.92. The number of sulfonamides is 1. The van der Waals surface area contributed by atoms with Crippen LogP contribution in [0.5, 0.6) is 0 Å². The van der Waals surface area contributed by atoms with Crippen LogP contribution in [0.4, 0.5) is 29.2 Å². The minimum Gasteiger partial charge on any atom is -0.324 e. The number of alkyl halides is 4. The van der Waals surface area contributed by atoms with E-state index in [0.29, 0.717) is 22.1 Å². The Hall–Kier alpha value is -3.55. The van der Waals surface area contributed by atoms with Crippen molar-refractivity contribution in [3.63, 3.8) is 0 Å². The van der Waals surface area contributed by atoms with Crippen molar-refractivity contribution in [1.29, 1.82) is 0 Å². The van der Waals surface area contributed by atoms with Gasteiger partial charge in [0.1, 0.15) is 17.4 Å². The molecule has 0 saturated heterocycles. The highest BCUT2D eigenvalue weighted by Crippen LogP contribution is 2.28. The molecule has 1 amide bonds. The Kier molecular flexibility index (Phi) is 7.19. The molecule has 14 heteroatoms. The van der Waals surface area contributed by atoms with Gasteiger partial charge in [0.25, 0.3) is 22.9 Å². The molecule has 1 atom stereocenters. The third-order valence-corrected chi connectivity index (χ3v) is 5.96. The smallest absolute Gasteiger partial charge is 0.282 e. The Morgan fingerprint density at radius 2 is 1.56 bits per heavy atom. The molecule has 0 saturated carbocycles. The van der Waals surface area contributed by atoms with Crippen LogP contribution in [-0.4, -0.2) is 34.1 Å². The Morgan fingerprint density at radius 1 is 0.971 bits per heavy atom. The molecule has 2 heterocycles. The molecule has 0 aliphatic rings.